The number of nitrogens with zero attached hydrogens (tertiary/aromatic N) is 3. The summed E-state index contributed by atoms with van der Waals surface area (Å²) < 4.78 is 16.5. The Hall–Kier alpha value is -2.29. The van der Waals surface area contributed by atoms with E-state index in [9.17, 15) is 9.18 Å². The van der Waals surface area contributed by atoms with E-state index < -0.39 is 0 Å². The third kappa shape index (κ3) is 4.37. The highest BCUT2D eigenvalue weighted by Crippen LogP contribution is 2.39. The lowest BCUT2D eigenvalue weighted by Crippen LogP contribution is -2.42. The molecule has 4 atom stereocenters. The molecule has 0 bridgehead atoms. The quantitative estimate of drug-likeness (QED) is 0.685. The number of anilines is 1. The standard InChI is InChI=1S/C23H31FN6O/c1-29-14-17(12-25-29)16-5-7-20-18(11-16)22(28-27-20)23(31)26-21-6-4-15(10-19(21)24)13-30-8-2-3-9-30/h4,6,10,12,14,16,18,20,22,27-28H,2-3,5,7-9,11,13H2,1H3,(H,26,31). The second-order valence-corrected chi connectivity index (χ2v) is 9.28. The number of aryl methyl sites for hydroxylation is 1. The number of hydrogen-bond donors (Lipinski definition) is 3. The van der Waals surface area contributed by atoms with Crippen molar-refractivity contribution in [3.8, 4) is 0 Å². The van der Waals surface area contributed by atoms with Crippen LogP contribution in [0.2, 0.25) is 0 Å². The number of nitrogens with one attached hydrogen (secondary N) is 3. The molecule has 3 heterocycles. The maximum absolute atomic E-state index is 14.7. The van der Waals surface area contributed by atoms with Crippen LogP contribution in [-0.4, -0.2) is 45.8 Å². The molecule has 0 spiro atoms. The van der Waals surface area contributed by atoms with Crippen LogP contribution in [0.4, 0.5) is 10.1 Å². The molecule has 1 aromatic carbocycles. The van der Waals surface area contributed by atoms with Gasteiger partial charge in [-0.05, 0) is 74.4 Å². The Labute approximate surface area is 182 Å². The van der Waals surface area contributed by atoms with Gasteiger partial charge >= 0.3 is 0 Å². The zero-order valence-corrected chi connectivity index (χ0v) is 18.0. The Bertz CT molecular complexity index is 940. The van der Waals surface area contributed by atoms with E-state index in [1.165, 1.54) is 18.4 Å². The summed E-state index contributed by atoms with van der Waals surface area (Å²) in [7, 11) is 1.93. The van der Waals surface area contributed by atoms with Crippen LogP contribution in [-0.2, 0) is 18.4 Å². The van der Waals surface area contributed by atoms with Gasteiger partial charge in [0.25, 0.3) is 0 Å². The number of hydrazine groups is 1. The summed E-state index contributed by atoms with van der Waals surface area (Å²) in [6.45, 7) is 2.91. The van der Waals surface area contributed by atoms with Gasteiger partial charge in [0, 0.05) is 31.7 Å². The summed E-state index contributed by atoms with van der Waals surface area (Å²) in [4.78, 5) is 15.4. The van der Waals surface area contributed by atoms with E-state index in [1.54, 1.807) is 12.1 Å². The first-order valence-electron chi connectivity index (χ1n) is 11.4. The van der Waals surface area contributed by atoms with Crippen LogP contribution >= 0.6 is 0 Å². The molecule has 2 aliphatic heterocycles. The molecule has 31 heavy (non-hydrogen) atoms. The highest BCUT2D eigenvalue weighted by Gasteiger charge is 2.44. The van der Waals surface area contributed by atoms with Gasteiger partial charge in [0.15, 0.2) is 0 Å². The average molecular weight is 427 g/mol. The van der Waals surface area contributed by atoms with Crippen molar-refractivity contribution >= 4 is 11.6 Å². The van der Waals surface area contributed by atoms with Gasteiger partial charge < -0.3 is 5.32 Å². The molecule has 0 radical (unpaired) electrons. The van der Waals surface area contributed by atoms with Crippen LogP contribution in [0.5, 0.6) is 0 Å². The summed E-state index contributed by atoms with van der Waals surface area (Å²) in [6.07, 6.45) is 9.39. The largest absolute Gasteiger partial charge is 0.322 e. The van der Waals surface area contributed by atoms with Gasteiger partial charge in [0.2, 0.25) is 5.91 Å². The van der Waals surface area contributed by atoms with Gasteiger partial charge in [-0.3, -0.25) is 19.8 Å². The fourth-order valence-electron chi connectivity index (χ4n) is 5.44. The number of amides is 1. The first-order chi connectivity index (χ1) is 15.1. The van der Waals surface area contributed by atoms with Crippen molar-refractivity contribution in [2.75, 3.05) is 18.4 Å². The topological polar surface area (TPSA) is 74.2 Å². The lowest BCUT2D eigenvalue weighted by molar-refractivity contribution is -0.119. The molecule has 166 valence electrons. The first-order valence-corrected chi connectivity index (χ1v) is 11.4. The number of benzene rings is 1. The lowest BCUT2D eigenvalue weighted by Gasteiger charge is -2.32. The fourth-order valence-corrected chi connectivity index (χ4v) is 5.44. The minimum atomic E-state index is -0.381. The van der Waals surface area contributed by atoms with Gasteiger partial charge in [0.1, 0.15) is 11.9 Å². The van der Waals surface area contributed by atoms with Crippen molar-refractivity contribution in [3.63, 3.8) is 0 Å². The molecule has 1 aliphatic carbocycles. The molecular weight excluding hydrogens is 395 g/mol. The lowest BCUT2D eigenvalue weighted by atomic mass is 9.74. The maximum atomic E-state index is 14.7. The Kier molecular flexibility index (Phi) is 5.77. The number of carbonyl (C=O) groups excluding carboxylic acids is 1. The van der Waals surface area contributed by atoms with E-state index in [4.69, 9.17) is 0 Å². The molecule has 2 aromatic rings. The van der Waals surface area contributed by atoms with Crippen LogP contribution in [0.25, 0.3) is 0 Å². The normalized spacial score (nSPS) is 28.6. The van der Waals surface area contributed by atoms with Crippen molar-refractivity contribution in [1.29, 1.82) is 0 Å². The van der Waals surface area contributed by atoms with E-state index in [0.29, 0.717) is 5.92 Å². The predicted octanol–water partition coefficient (Wildman–Crippen LogP) is 2.52. The minimum Gasteiger partial charge on any atom is -0.322 e. The molecule has 4 unspecified atom stereocenters. The summed E-state index contributed by atoms with van der Waals surface area (Å²) in [5, 5.41) is 7.12. The molecule has 3 N–H and O–H groups in total. The van der Waals surface area contributed by atoms with Crippen LogP contribution in [0.1, 0.15) is 49.1 Å². The SMILES string of the molecule is Cn1cc(C2CCC3NNC(C(=O)Nc4ccc(CN5CCCC5)cc4F)C3C2)cn1. The number of carbonyl (C=O) groups is 1. The van der Waals surface area contributed by atoms with E-state index in [2.05, 4.69) is 32.4 Å². The molecule has 2 saturated heterocycles. The third-order valence-corrected chi connectivity index (χ3v) is 7.13. The van der Waals surface area contributed by atoms with Crippen molar-refractivity contribution < 1.29 is 9.18 Å². The summed E-state index contributed by atoms with van der Waals surface area (Å²) in [5.74, 6) is 0.00692. The number of rotatable bonds is 5. The second kappa shape index (κ2) is 8.68. The summed E-state index contributed by atoms with van der Waals surface area (Å²) in [6, 6.07) is 5.04. The van der Waals surface area contributed by atoms with Crippen molar-refractivity contribution in [2.45, 2.75) is 56.7 Å². The molecular formula is C23H31FN6O. The molecule has 3 aliphatic rings. The number of aromatic nitrogens is 2. The van der Waals surface area contributed by atoms with Crippen LogP contribution < -0.4 is 16.2 Å². The van der Waals surface area contributed by atoms with Crippen molar-refractivity contribution in [3.05, 3.63) is 47.5 Å². The Balaban J connectivity index is 1.23. The third-order valence-electron chi connectivity index (χ3n) is 7.13. The van der Waals surface area contributed by atoms with E-state index in [1.807, 2.05) is 24.0 Å². The molecule has 1 saturated carbocycles. The number of hydrogen-bond acceptors (Lipinski definition) is 5. The van der Waals surface area contributed by atoms with Gasteiger partial charge in [0.05, 0.1) is 11.9 Å². The zero-order chi connectivity index (χ0) is 21.4. The average Bonchev–Trinajstić information content (AvgIpc) is 3.50. The number of likely N-dealkylation sites (tertiary alicyclic amines) is 1. The van der Waals surface area contributed by atoms with E-state index in [0.717, 1.165) is 44.5 Å². The fraction of sp³-hybridized carbons (Fsp3) is 0.565. The Morgan fingerprint density at radius 1 is 1.26 bits per heavy atom. The second-order valence-electron chi connectivity index (χ2n) is 9.28. The van der Waals surface area contributed by atoms with Crippen LogP contribution in [0.15, 0.2) is 30.6 Å². The smallest absolute Gasteiger partial charge is 0.243 e. The molecule has 7 nitrogen and oxygen atoms in total. The number of fused-ring (bicyclic) bond motifs is 1. The van der Waals surface area contributed by atoms with Crippen molar-refractivity contribution in [1.82, 2.24) is 25.5 Å². The van der Waals surface area contributed by atoms with Crippen LogP contribution in [0, 0.1) is 11.7 Å². The molecule has 3 fully saturated rings. The monoisotopic (exact) mass is 426 g/mol. The van der Waals surface area contributed by atoms with E-state index in [-0.39, 0.29) is 35.4 Å². The first kappa shape index (κ1) is 20.6. The predicted molar refractivity (Wildman–Crippen MR) is 117 cm³/mol. The minimum absolute atomic E-state index is 0.163. The highest BCUT2D eigenvalue weighted by molar-refractivity contribution is 5.95. The highest BCUT2D eigenvalue weighted by atomic mass is 19.1. The zero-order valence-electron chi connectivity index (χ0n) is 18.0. The number of halogens is 1. The molecule has 8 heteroatoms. The van der Waals surface area contributed by atoms with Gasteiger partial charge in [-0.2, -0.15) is 5.10 Å². The van der Waals surface area contributed by atoms with Crippen LogP contribution in [0.3, 0.4) is 0 Å². The molecule has 1 amide bonds. The maximum Gasteiger partial charge on any atom is 0.243 e. The molecule has 1 aromatic heterocycles. The Morgan fingerprint density at radius 2 is 2.10 bits per heavy atom. The van der Waals surface area contributed by atoms with Crippen molar-refractivity contribution in [2.24, 2.45) is 13.0 Å². The van der Waals surface area contributed by atoms with E-state index >= 15 is 0 Å². The summed E-state index contributed by atoms with van der Waals surface area (Å²) in [5.41, 5.74) is 8.88. The van der Waals surface area contributed by atoms with Gasteiger partial charge in [-0.25, -0.2) is 9.82 Å². The van der Waals surface area contributed by atoms with Gasteiger partial charge in [-0.1, -0.05) is 6.07 Å². The molecule has 5 rings (SSSR count). The summed E-state index contributed by atoms with van der Waals surface area (Å²) >= 11 is 0. The van der Waals surface area contributed by atoms with Gasteiger partial charge in [-0.15, -0.1) is 0 Å². The Morgan fingerprint density at radius 3 is 2.84 bits per heavy atom.